The summed E-state index contributed by atoms with van der Waals surface area (Å²) in [7, 11) is 0. The summed E-state index contributed by atoms with van der Waals surface area (Å²) >= 11 is 1.65. The van der Waals surface area contributed by atoms with Crippen molar-refractivity contribution in [1.82, 2.24) is 10.2 Å². The van der Waals surface area contributed by atoms with Crippen LogP contribution in [0.25, 0.3) is 0 Å². The van der Waals surface area contributed by atoms with Gasteiger partial charge in [0.15, 0.2) is 0 Å². The van der Waals surface area contributed by atoms with Crippen LogP contribution >= 0.6 is 11.3 Å². The molecule has 20 heavy (non-hydrogen) atoms. The first-order valence-electron chi connectivity index (χ1n) is 7.17. The molecule has 0 bridgehead atoms. The highest BCUT2D eigenvalue weighted by Crippen LogP contribution is 2.31. The lowest BCUT2D eigenvalue weighted by atomic mass is 9.97. The molecule has 1 aromatic heterocycles. The molecule has 2 rings (SSSR count). The van der Waals surface area contributed by atoms with E-state index in [1.54, 1.807) is 11.3 Å². The highest BCUT2D eigenvalue weighted by atomic mass is 32.1. The van der Waals surface area contributed by atoms with Gasteiger partial charge in [0.05, 0.1) is 12.5 Å². The van der Waals surface area contributed by atoms with Gasteiger partial charge in [-0.3, -0.25) is 4.79 Å². The summed E-state index contributed by atoms with van der Waals surface area (Å²) in [6.07, 6.45) is 1.67. The predicted molar refractivity (Wildman–Crippen MR) is 80.2 cm³/mol. The third-order valence-corrected chi connectivity index (χ3v) is 4.85. The Hall–Kier alpha value is -1.17. The summed E-state index contributed by atoms with van der Waals surface area (Å²) in [6.45, 7) is 10.4. The Balaban J connectivity index is 1.94. The second-order valence-corrected chi connectivity index (χ2v) is 7.11. The number of anilines is 1. The van der Waals surface area contributed by atoms with Gasteiger partial charge in [0.1, 0.15) is 5.01 Å². The molecule has 5 nitrogen and oxygen atoms in total. The van der Waals surface area contributed by atoms with Crippen LogP contribution in [0.15, 0.2) is 0 Å². The Morgan fingerprint density at radius 1 is 1.35 bits per heavy atom. The summed E-state index contributed by atoms with van der Waals surface area (Å²) in [5.74, 6) is -0.0130. The quantitative estimate of drug-likeness (QED) is 0.803. The predicted octanol–water partition coefficient (Wildman–Crippen LogP) is 2.62. The molecule has 1 fully saturated rings. The molecule has 0 N–H and O–H groups in total. The zero-order chi connectivity index (χ0) is 14.8. The van der Waals surface area contributed by atoms with Gasteiger partial charge in [0.25, 0.3) is 0 Å². The molecule has 0 atom stereocenters. The minimum absolute atomic E-state index is 0.0408. The number of piperidine rings is 1. The smallest absolute Gasteiger partial charge is 0.309 e. The van der Waals surface area contributed by atoms with Crippen molar-refractivity contribution in [2.45, 2.75) is 46.0 Å². The third kappa shape index (κ3) is 3.48. The highest BCUT2D eigenvalue weighted by molar-refractivity contribution is 7.15. The zero-order valence-electron chi connectivity index (χ0n) is 12.7. The Labute approximate surface area is 124 Å². The van der Waals surface area contributed by atoms with Crippen LogP contribution in [0.3, 0.4) is 0 Å². The van der Waals surface area contributed by atoms with E-state index in [0.717, 1.165) is 36.1 Å². The van der Waals surface area contributed by atoms with Crippen LogP contribution < -0.4 is 4.90 Å². The van der Waals surface area contributed by atoms with E-state index < -0.39 is 0 Å². The second-order valence-electron chi connectivity index (χ2n) is 6.15. The van der Waals surface area contributed by atoms with E-state index in [0.29, 0.717) is 6.61 Å². The maximum Gasteiger partial charge on any atom is 0.309 e. The molecule has 1 aromatic rings. The van der Waals surface area contributed by atoms with E-state index in [4.69, 9.17) is 4.74 Å². The van der Waals surface area contributed by atoms with Crippen LogP contribution in [0.1, 0.15) is 45.5 Å². The maximum atomic E-state index is 11.7. The third-order valence-electron chi connectivity index (χ3n) is 3.44. The van der Waals surface area contributed by atoms with Crippen molar-refractivity contribution in [3.63, 3.8) is 0 Å². The number of carbonyl (C=O) groups excluding carboxylic acids is 1. The molecular weight excluding hydrogens is 274 g/mol. The van der Waals surface area contributed by atoms with Crippen molar-refractivity contribution in [3.8, 4) is 0 Å². The fourth-order valence-corrected chi connectivity index (χ4v) is 3.17. The Kier molecular flexibility index (Phi) is 4.62. The average Bonchev–Trinajstić information content (AvgIpc) is 2.89. The average molecular weight is 297 g/mol. The molecule has 1 aliphatic heterocycles. The molecule has 6 heteroatoms. The van der Waals surface area contributed by atoms with Gasteiger partial charge in [-0.1, -0.05) is 32.1 Å². The van der Waals surface area contributed by atoms with Gasteiger partial charge in [0.2, 0.25) is 5.13 Å². The standard InChI is InChI=1S/C14H23N3O2S/c1-5-19-11(18)10-6-8-17(9-7-10)13-16-15-12(20-13)14(2,3)4/h10H,5-9H2,1-4H3. The summed E-state index contributed by atoms with van der Waals surface area (Å²) in [5.41, 5.74) is 0.0408. The van der Waals surface area contributed by atoms with Gasteiger partial charge >= 0.3 is 5.97 Å². The lowest BCUT2D eigenvalue weighted by Gasteiger charge is -2.30. The first-order chi connectivity index (χ1) is 9.41. The molecule has 0 spiro atoms. The van der Waals surface area contributed by atoms with Crippen molar-refractivity contribution >= 4 is 22.4 Å². The van der Waals surface area contributed by atoms with Crippen LogP contribution in [0.5, 0.6) is 0 Å². The minimum atomic E-state index is -0.0557. The number of hydrogen-bond donors (Lipinski definition) is 0. The van der Waals surface area contributed by atoms with E-state index in [1.807, 2.05) is 6.92 Å². The molecule has 1 aliphatic rings. The number of carbonyl (C=O) groups is 1. The van der Waals surface area contributed by atoms with Gasteiger partial charge in [-0.05, 0) is 19.8 Å². The number of ether oxygens (including phenoxy) is 1. The molecule has 0 aliphatic carbocycles. The summed E-state index contributed by atoms with van der Waals surface area (Å²) < 4.78 is 5.09. The number of nitrogens with zero attached hydrogens (tertiary/aromatic N) is 3. The molecule has 0 unspecified atom stereocenters. The van der Waals surface area contributed by atoms with E-state index in [9.17, 15) is 4.79 Å². The normalized spacial score (nSPS) is 17.3. The lowest BCUT2D eigenvalue weighted by molar-refractivity contribution is -0.148. The Morgan fingerprint density at radius 2 is 2.00 bits per heavy atom. The van der Waals surface area contributed by atoms with Crippen LogP contribution in [0.4, 0.5) is 5.13 Å². The fraction of sp³-hybridized carbons (Fsp3) is 0.786. The molecule has 0 saturated carbocycles. The van der Waals surface area contributed by atoms with Crippen LogP contribution in [-0.2, 0) is 14.9 Å². The largest absolute Gasteiger partial charge is 0.466 e. The Bertz CT molecular complexity index is 459. The van der Waals surface area contributed by atoms with Gasteiger partial charge in [-0.15, -0.1) is 10.2 Å². The lowest BCUT2D eigenvalue weighted by Crippen LogP contribution is -2.36. The fourth-order valence-electron chi connectivity index (χ4n) is 2.21. The van der Waals surface area contributed by atoms with Crippen molar-refractivity contribution < 1.29 is 9.53 Å². The molecule has 0 amide bonds. The number of aromatic nitrogens is 2. The monoisotopic (exact) mass is 297 g/mol. The zero-order valence-corrected chi connectivity index (χ0v) is 13.5. The SMILES string of the molecule is CCOC(=O)C1CCN(c2nnc(C(C)(C)C)s2)CC1. The first-order valence-corrected chi connectivity index (χ1v) is 7.99. The highest BCUT2D eigenvalue weighted by Gasteiger charge is 2.28. The van der Waals surface area contributed by atoms with Crippen molar-refractivity contribution in [3.05, 3.63) is 5.01 Å². The molecular formula is C14H23N3O2S. The van der Waals surface area contributed by atoms with Crippen molar-refractivity contribution in [2.24, 2.45) is 5.92 Å². The van der Waals surface area contributed by atoms with Crippen LogP contribution in [-0.4, -0.2) is 35.9 Å². The van der Waals surface area contributed by atoms with Gasteiger partial charge in [-0.25, -0.2) is 0 Å². The summed E-state index contributed by atoms with van der Waals surface area (Å²) in [6, 6.07) is 0. The molecule has 1 saturated heterocycles. The molecule has 0 radical (unpaired) electrons. The van der Waals surface area contributed by atoms with E-state index >= 15 is 0 Å². The molecule has 2 heterocycles. The van der Waals surface area contributed by atoms with E-state index in [-0.39, 0.29) is 17.3 Å². The van der Waals surface area contributed by atoms with Crippen LogP contribution in [0.2, 0.25) is 0 Å². The second kappa shape index (κ2) is 6.08. The minimum Gasteiger partial charge on any atom is -0.466 e. The van der Waals surface area contributed by atoms with Crippen molar-refractivity contribution in [1.29, 1.82) is 0 Å². The van der Waals surface area contributed by atoms with Gasteiger partial charge in [-0.2, -0.15) is 0 Å². The molecule has 112 valence electrons. The van der Waals surface area contributed by atoms with Gasteiger partial charge in [0, 0.05) is 18.5 Å². The summed E-state index contributed by atoms with van der Waals surface area (Å²) in [4.78, 5) is 13.9. The Morgan fingerprint density at radius 3 is 2.50 bits per heavy atom. The van der Waals surface area contributed by atoms with E-state index in [1.165, 1.54) is 0 Å². The van der Waals surface area contributed by atoms with Crippen molar-refractivity contribution in [2.75, 3.05) is 24.6 Å². The number of esters is 1. The van der Waals surface area contributed by atoms with Gasteiger partial charge < -0.3 is 9.64 Å². The number of rotatable bonds is 3. The molecule has 0 aromatic carbocycles. The summed E-state index contributed by atoms with van der Waals surface area (Å²) in [5, 5.41) is 10.6. The number of hydrogen-bond acceptors (Lipinski definition) is 6. The van der Waals surface area contributed by atoms with E-state index in [2.05, 4.69) is 35.9 Å². The van der Waals surface area contributed by atoms with Crippen LogP contribution in [0, 0.1) is 5.92 Å². The topological polar surface area (TPSA) is 55.3 Å². The maximum absolute atomic E-state index is 11.7. The first kappa shape index (κ1) is 15.2.